The Morgan fingerprint density at radius 2 is 2.14 bits per heavy atom. The normalized spacial score (nSPS) is 12.2. The Bertz CT molecular complexity index is 843. The summed E-state index contributed by atoms with van der Waals surface area (Å²) < 4.78 is 0. The summed E-state index contributed by atoms with van der Waals surface area (Å²) in [6.07, 6.45) is 1.71. The minimum absolute atomic E-state index is 0.127. The molecule has 0 radical (unpaired) electrons. The minimum Gasteiger partial charge on any atom is -0.383 e. The first-order valence-corrected chi connectivity index (χ1v) is 7.06. The molecule has 0 fully saturated rings. The molecule has 2 heterocycles. The second-order valence-electron chi connectivity index (χ2n) is 5.34. The zero-order valence-electron chi connectivity index (χ0n) is 12.4. The molecule has 0 aliphatic heterocycles. The fraction of sp³-hybridized carbons (Fsp3) is 0.188. The summed E-state index contributed by atoms with van der Waals surface area (Å²) in [7, 11) is 0. The van der Waals surface area contributed by atoms with Gasteiger partial charge in [-0.2, -0.15) is 0 Å². The number of nitrogens with two attached hydrogens (primary N) is 1. The van der Waals surface area contributed by atoms with Crippen molar-refractivity contribution in [2.75, 3.05) is 0 Å². The smallest absolute Gasteiger partial charge is 0.244 e. The van der Waals surface area contributed by atoms with Gasteiger partial charge < -0.3 is 15.7 Å². The van der Waals surface area contributed by atoms with Gasteiger partial charge in [-0.3, -0.25) is 9.79 Å². The van der Waals surface area contributed by atoms with Crippen LogP contribution in [-0.2, 0) is 0 Å². The van der Waals surface area contributed by atoms with Crippen LogP contribution in [0.1, 0.15) is 35.7 Å². The molecule has 0 saturated carbocycles. The third kappa shape index (κ3) is 2.63. The summed E-state index contributed by atoms with van der Waals surface area (Å²) in [4.78, 5) is 26.8. The van der Waals surface area contributed by atoms with Crippen LogP contribution in [-0.4, -0.2) is 32.6 Å². The van der Waals surface area contributed by atoms with Crippen LogP contribution in [0.15, 0.2) is 41.5 Å². The third-order valence-electron chi connectivity index (χ3n) is 3.23. The van der Waals surface area contributed by atoms with Gasteiger partial charge >= 0.3 is 0 Å². The number of fused-ring (bicyclic) bond motifs is 1. The molecular formula is C16H17N5O. The molecule has 0 spiro atoms. The van der Waals surface area contributed by atoms with Gasteiger partial charge in [-0.1, -0.05) is 0 Å². The fourth-order valence-electron chi connectivity index (χ4n) is 2.23. The molecule has 112 valence electrons. The number of H-pyrrole nitrogens is 2. The van der Waals surface area contributed by atoms with Crippen molar-refractivity contribution in [3.05, 3.63) is 53.6 Å². The molecule has 0 bridgehead atoms. The molecule has 0 unspecified atom stereocenters. The lowest BCUT2D eigenvalue weighted by Gasteiger charge is -2.03. The van der Waals surface area contributed by atoms with Gasteiger partial charge in [0, 0.05) is 17.8 Å². The second kappa shape index (κ2) is 5.48. The number of carbonyl (C=O) groups excluding carboxylic acids is 1. The van der Waals surface area contributed by atoms with Crippen LogP contribution in [0.4, 0.5) is 0 Å². The first-order valence-electron chi connectivity index (χ1n) is 7.06. The Labute approximate surface area is 127 Å². The van der Waals surface area contributed by atoms with Gasteiger partial charge in [0.05, 0.1) is 16.7 Å². The summed E-state index contributed by atoms with van der Waals surface area (Å²) in [6, 6.07) is 9.16. The van der Waals surface area contributed by atoms with E-state index >= 15 is 0 Å². The molecule has 6 nitrogen and oxygen atoms in total. The van der Waals surface area contributed by atoms with E-state index in [1.165, 1.54) is 0 Å². The number of amidine groups is 1. The first-order chi connectivity index (χ1) is 10.5. The first kappa shape index (κ1) is 14.1. The maximum absolute atomic E-state index is 12.3. The topological polar surface area (TPSA) is 99.9 Å². The Balaban J connectivity index is 1.99. The summed E-state index contributed by atoms with van der Waals surface area (Å²) >= 11 is 0. The van der Waals surface area contributed by atoms with Gasteiger partial charge in [0.2, 0.25) is 5.78 Å². The number of aromatic nitrogens is 3. The van der Waals surface area contributed by atoms with E-state index in [1.54, 1.807) is 18.3 Å². The van der Waals surface area contributed by atoms with E-state index in [2.05, 4.69) is 19.9 Å². The molecule has 2 aromatic heterocycles. The van der Waals surface area contributed by atoms with Crippen molar-refractivity contribution in [1.82, 2.24) is 15.0 Å². The molecule has 6 heteroatoms. The largest absolute Gasteiger partial charge is 0.383 e. The quantitative estimate of drug-likeness (QED) is 0.391. The van der Waals surface area contributed by atoms with Crippen LogP contribution in [0.2, 0.25) is 0 Å². The van der Waals surface area contributed by atoms with Crippen molar-refractivity contribution < 1.29 is 4.79 Å². The highest BCUT2D eigenvalue weighted by atomic mass is 16.1. The van der Waals surface area contributed by atoms with Crippen molar-refractivity contribution in [1.29, 1.82) is 0 Å². The van der Waals surface area contributed by atoms with E-state index in [9.17, 15) is 4.79 Å². The van der Waals surface area contributed by atoms with Crippen molar-refractivity contribution in [3.63, 3.8) is 0 Å². The number of hydrogen-bond donors (Lipinski definition) is 3. The molecule has 1 aromatic carbocycles. The molecule has 0 saturated heterocycles. The number of aliphatic imine (C=N–C) groups is 1. The van der Waals surface area contributed by atoms with Crippen LogP contribution >= 0.6 is 0 Å². The molecule has 0 aliphatic rings. The number of rotatable bonds is 4. The lowest BCUT2D eigenvalue weighted by atomic mass is 10.2. The van der Waals surface area contributed by atoms with Crippen molar-refractivity contribution in [2.45, 2.75) is 19.9 Å². The van der Waals surface area contributed by atoms with E-state index in [-0.39, 0.29) is 11.8 Å². The Kier molecular flexibility index (Phi) is 3.50. The summed E-state index contributed by atoms with van der Waals surface area (Å²) in [5.41, 5.74) is 8.76. The second-order valence-corrected chi connectivity index (χ2v) is 5.34. The molecule has 0 atom stereocenters. The number of ketones is 1. The van der Waals surface area contributed by atoms with E-state index in [4.69, 9.17) is 5.73 Å². The minimum atomic E-state index is -0.174. The zero-order valence-corrected chi connectivity index (χ0v) is 12.4. The van der Waals surface area contributed by atoms with Crippen molar-refractivity contribution in [3.8, 4) is 0 Å². The van der Waals surface area contributed by atoms with Crippen LogP contribution in [0.3, 0.4) is 0 Å². The van der Waals surface area contributed by atoms with E-state index in [1.807, 2.05) is 32.0 Å². The molecular weight excluding hydrogens is 278 g/mol. The van der Waals surface area contributed by atoms with Gasteiger partial charge in [-0.25, -0.2) is 4.98 Å². The lowest BCUT2D eigenvalue weighted by Crippen LogP contribution is -2.15. The maximum Gasteiger partial charge on any atom is 0.244 e. The van der Waals surface area contributed by atoms with Gasteiger partial charge in [-0.15, -0.1) is 0 Å². The maximum atomic E-state index is 12.3. The third-order valence-corrected chi connectivity index (χ3v) is 3.23. The van der Waals surface area contributed by atoms with Crippen LogP contribution in [0.25, 0.3) is 11.0 Å². The van der Waals surface area contributed by atoms with E-state index < -0.39 is 0 Å². The number of imidazole rings is 1. The van der Waals surface area contributed by atoms with Crippen molar-refractivity contribution >= 4 is 22.7 Å². The molecule has 3 aromatic rings. The Morgan fingerprint density at radius 1 is 1.32 bits per heavy atom. The average Bonchev–Trinajstić information content (AvgIpc) is 3.14. The highest BCUT2D eigenvalue weighted by Crippen LogP contribution is 2.16. The lowest BCUT2D eigenvalue weighted by molar-refractivity contribution is 0.102. The van der Waals surface area contributed by atoms with Gasteiger partial charge in [0.1, 0.15) is 5.84 Å². The van der Waals surface area contributed by atoms with Gasteiger partial charge in [0.15, 0.2) is 5.82 Å². The van der Waals surface area contributed by atoms with Crippen LogP contribution in [0.5, 0.6) is 0 Å². The molecule has 0 amide bonds. The van der Waals surface area contributed by atoms with Crippen LogP contribution in [0, 0.1) is 0 Å². The number of benzene rings is 1. The fourth-order valence-corrected chi connectivity index (χ4v) is 2.23. The number of aromatic amines is 2. The number of carbonyl (C=O) groups is 1. The predicted octanol–water partition coefficient (Wildman–Crippen LogP) is 2.24. The average molecular weight is 295 g/mol. The summed E-state index contributed by atoms with van der Waals surface area (Å²) in [6.45, 7) is 3.93. The predicted molar refractivity (Wildman–Crippen MR) is 86.2 cm³/mol. The molecule has 22 heavy (non-hydrogen) atoms. The molecule has 3 rings (SSSR count). The molecule has 0 aliphatic carbocycles. The summed E-state index contributed by atoms with van der Waals surface area (Å²) in [5, 5.41) is 0. The van der Waals surface area contributed by atoms with Crippen LogP contribution < -0.4 is 5.73 Å². The monoisotopic (exact) mass is 295 g/mol. The van der Waals surface area contributed by atoms with E-state index in [0.29, 0.717) is 17.4 Å². The highest BCUT2D eigenvalue weighted by molar-refractivity contribution is 6.07. The number of nitrogens with zero attached hydrogens (tertiary/aromatic N) is 2. The van der Waals surface area contributed by atoms with Gasteiger partial charge in [0.25, 0.3) is 0 Å². The van der Waals surface area contributed by atoms with E-state index in [0.717, 1.165) is 16.6 Å². The number of nitrogens with one attached hydrogen (secondary N) is 2. The summed E-state index contributed by atoms with van der Waals surface area (Å²) in [5.74, 6) is 0.601. The van der Waals surface area contributed by atoms with Gasteiger partial charge in [-0.05, 0) is 44.2 Å². The highest BCUT2D eigenvalue weighted by Gasteiger charge is 2.15. The SMILES string of the molecule is CC(C)N=C(N)c1ccc2nc(C(=O)c3ccc[nH]3)[nH]c2c1. The standard InChI is InChI=1S/C16H17N5O/c1-9(2)19-15(17)10-5-6-11-13(8-10)21-16(20-11)14(22)12-4-3-7-18-12/h3-9,18H,1-2H3,(H2,17,19)(H,20,21). The number of hydrogen-bond acceptors (Lipinski definition) is 3. The molecule has 4 N–H and O–H groups in total. The Morgan fingerprint density at radius 3 is 2.82 bits per heavy atom. The van der Waals surface area contributed by atoms with Crippen molar-refractivity contribution in [2.24, 2.45) is 10.7 Å². The zero-order chi connectivity index (χ0) is 15.7. The Hall–Kier alpha value is -2.89.